The van der Waals surface area contributed by atoms with Gasteiger partial charge in [-0.2, -0.15) is 16.1 Å². The first-order valence-electron chi connectivity index (χ1n) is 6.58. The van der Waals surface area contributed by atoms with E-state index in [9.17, 15) is 13.2 Å². The molecule has 0 N–H and O–H groups in total. The second-order valence-corrected chi connectivity index (χ2v) is 8.48. The van der Waals surface area contributed by atoms with Crippen LogP contribution in [0.4, 0.5) is 0 Å². The number of ether oxygens (including phenoxy) is 1. The van der Waals surface area contributed by atoms with E-state index in [1.165, 1.54) is 34.3 Å². The molecule has 0 aromatic heterocycles. The van der Waals surface area contributed by atoms with Crippen molar-refractivity contribution >= 4 is 51.0 Å². The number of thioether (sulfide) groups is 1. The molecule has 1 atom stereocenters. The summed E-state index contributed by atoms with van der Waals surface area (Å²) in [6.07, 6.45) is 0. The second-order valence-electron chi connectivity index (χ2n) is 4.56. The molecule has 0 saturated carbocycles. The molecule has 1 fully saturated rings. The Balaban J connectivity index is 2.38. The predicted octanol–water partition coefficient (Wildman–Crippen LogP) is 2.66. The first kappa shape index (κ1) is 17.9. The van der Waals surface area contributed by atoms with Gasteiger partial charge in [0.15, 0.2) is 0 Å². The lowest BCUT2D eigenvalue weighted by molar-refractivity contribution is -0.146. The fourth-order valence-electron chi connectivity index (χ4n) is 2.11. The van der Waals surface area contributed by atoms with Crippen molar-refractivity contribution in [1.29, 1.82) is 0 Å². The summed E-state index contributed by atoms with van der Waals surface area (Å²) >= 11 is 13.3. The third kappa shape index (κ3) is 3.89. The molecule has 122 valence electrons. The van der Waals surface area contributed by atoms with Crippen molar-refractivity contribution in [3.05, 3.63) is 28.2 Å². The normalized spacial score (nSPS) is 19.9. The van der Waals surface area contributed by atoms with Gasteiger partial charge >= 0.3 is 5.97 Å². The van der Waals surface area contributed by atoms with Gasteiger partial charge in [0.2, 0.25) is 10.0 Å². The monoisotopic (exact) mass is 383 g/mol. The molecule has 1 aromatic rings. The summed E-state index contributed by atoms with van der Waals surface area (Å²) in [5.74, 6) is 0.446. The molecule has 2 rings (SSSR count). The van der Waals surface area contributed by atoms with Gasteiger partial charge < -0.3 is 4.74 Å². The number of rotatable bonds is 4. The Bertz CT molecular complexity index is 646. The van der Waals surface area contributed by atoms with Crippen LogP contribution in [0, 0.1) is 0 Å². The average molecular weight is 384 g/mol. The van der Waals surface area contributed by atoms with Crippen molar-refractivity contribution in [3.63, 3.8) is 0 Å². The van der Waals surface area contributed by atoms with Crippen molar-refractivity contribution in [1.82, 2.24) is 4.31 Å². The molecule has 0 bridgehead atoms. The molecule has 9 heteroatoms. The molecular formula is C13H15Cl2NO4S2. The van der Waals surface area contributed by atoms with Gasteiger partial charge in [-0.15, -0.1) is 0 Å². The van der Waals surface area contributed by atoms with E-state index in [0.29, 0.717) is 11.5 Å². The molecule has 1 unspecified atom stereocenters. The van der Waals surface area contributed by atoms with Gasteiger partial charge in [-0.05, 0) is 25.1 Å². The minimum absolute atomic E-state index is 0.0220. The Labute approximate surface area is 144 Å². The lowest BCUT2D eigenvalue weighted by Crippen LogP contribution is -2.50. The zero-order valence-electron chi connectivity index (χ0n) is 11.8. The van der Waals surface area contributed by atoms with Gasteiger partial charge in [0.25, 0.3) is 0 Å². The molecular weight excluding hydrogens is 369 g/mol. The smallest absolute Gasteiger partial charge is 0.325 e. The van der Waals surface area contributed by atoms with Gasteiger partial charge in [-0.3, -0.25) is 4.79 Å². The minimum atomic E-state index is -3.87. The highest BCUT2D eigenvalue weighted by Gasteiger charge is 2.39. The van der Waals surface area contributed by atoms with Gasteiger partial charge in [0, 0.05) is 28.1 Å². The van der Waals surface area contributed by atoms with E-state index < -0.39 is 22.0 Å². The quantitative estimate of drug-likeness (QED) is 0.747. The zero-order chi connectivity index (χ0) is 16.3. The number of hydrogen-bond donors (Lipinski definition) is 0. The van der Waals surface area contributed by atoms with E-state index >= 15 is 0 Å². The highest BCUT2D eigenvalue weighted by molar-refractivity contribution is 7.99. The molecule has 1 aliphatic heterocycles. The fourth-order valence-corrected chi connectivity index (χ4v) is 5.66. The molecule has 0 radical (unpaired) electrons. The van der Waals surface area contributed by atoms with E-state index in [0.717, 1.165) is 0 Å². The SMILES string of the molecule is CCOC(=O)C1CSCCN1S(=O)(=O)c1cc(Cl)cc(Cl)c1. The van der Waals surface area contributed by atoms with Crippen LogP contribution in [-0.4, -0.2) is 49.4 Å². The Morgan fingerprint density at radius 3 is 2.59 bits per heavy atom. The van der Waals surface area contributed by atoms with Crippen LogP contribution in [0.1, 0.15) is 6.92 Å². The van der Waals surface area contributed by atoms with Crippen LogP contribution in [0.3, 0.4) is 0 Å². The lowest BCUT2D eigenvalue weighted by Gasteiger charge is -2.32. The number of hydrogen-bond acceptors (Lipinski definition) is 5. The summed E-state index contributed by atoms with van der Waals surface area (Å²) < 4.78 is 31.8. The zero-order valence-corrected chi connectivity index (χ0v) is 14.9. The molecule has 1 aliphatic rings. The first-order chi connectivity index (χ1) is 10.4. The maximum atomic E-state index is 12.8. The van der Waals surface area contributed by atoms with Crippen LogP contribution < -0.4 is 0 Å². The number of esters is 1. The highest BCUT2D eigenvalue weighted by atomic mass is 35.5. The Morgan fingerprint density at radius 1 is 1.36 bits per heavy atom. The summed E-state index contributed by atoms with van der Waals surface area (Å²) in [7, 11) is -3.87. The highest BCUT2D eigenvalue weighted by Crippen LogP contribution is 2.29. The molecule has 1 heterocycles. The van der Waals surface area contributed by atoms with Gasteiger partial charge in [0.1, 0.15) is 6.04 Å². The number of halogens is 2. The summed E-state index contributed by atoms with van der Waals surface area (Å²) in [5.41, 5.74) is 0. The van der Waals surface area contributed by atoms with Crippen LogP contribution in [0.15, 0.2) is 23.1 Å². The van der Waals surface area contributed by atoms with E-state index in [2.05, 4.69) is 0 Å². The summed E-state index contributed by atoms with van der Waals surface area (Å²) in [6, 6.07) is 3.28. The Kier molecular flexibility index (Phi) is 6.01. The maximum Gasteiger partial charge on any atom is 0.325 e. The van der Waals surface area contributed by atoms with Gasteiger partial charge in [-0.25, -0.2) is 8.42 Å². The van der Waals surface area contributed by atoms with Crippen molar-refractivity contribution in [2.45, 2.75) is 17.9 Å². The summed E-state index contributed by atoms with van der Waals surface area (Å²) in [4.78, 5) is 12.0. The third-order valence-electron chi connectivity index (χ3n) is 3.08. The minimum Gasteiger partial charge on any atom is -0.465 e. The van der Waals surface area contributed by atoms with Crippen LogP contribution >= 0.6 is 35.0 Å². The van der Waals surface area contributed by atoms with Crippen molar-refractivity contribution < 1.29 is 17.9 Å². The average Bonchev–Trinajstić information content (AvgIpc) is 2.46. The van der Waals surface area contributed by atoms with Crippen molar-refractivity contribution in [2.75, 3.05) is 24.7 Å². The number of carbonyl (C=O) groups is 1. The van der Waals surface area contributed by atoms with Gasteiger partial charge in [-0.1, -0.05) is 23.2 Å². The van der Waals surface area contributed by atoms with Crippen LogP contribution in [0.2, 0.25) is 10.0 Å². The lowest BCUT2D eigenvalue weighted by atomic mass is 10.3. The molecule has 0 spiro atoms. The standard InChI is InChI=1S/C13H15Cl2NO4S2/c1-2-20-13(17)12-8-21-4-3-16(12)22(18,19)11-6-9(14)5-10(15)7-11/h5-7,12H,2-4,8H2,1H3. The van der Waals surface area contributed by atoms with E-state index in [4.69, 9.17) is 27.9 Å². The number of carbonyl (C=O) groups excluding carboxylic acids is 1. The van der Waals surface area contributed by atoms with Gasteiger partial charge in [0.05, 0.1) is 11.5 Å². The van der Waals surface area contributed by atoms with Crippen molar-refractivity contribution in [3.8, 4) is 0 Å². The Morgan fingerprint density at radius 2 is 2.00 bits per heavy atom. The Hall–Kier alpha value is -0.470. The van der Waals surface area contributed by atoms with Crippen molar-refractivity contribution in [2.24, 2.45) is 0 Å². The van der Waals surface area contributed by atoms with Crippen LogP contribution in [0.25, 0.3) is 0 Å². The fraction of sp³-hybridized carbons (Fsp3) is 0.462. The predicted molar refractivity (Wildman–Crippen MR) is 88.1 cm³/mol. The first-order valence-corrected chi connectivity index (χ1v) is 9.93. The number of sulfonamides is 1. The summed E-state index contributed by atoms with van der Waals surface area (Å²) in [5, 5.41) is 0.454. The molecule has 22 heavy (non-hydrogen) atoms. The largest absolute Gasteiger partial charge is 0.465 e. The van der Waals surface area contributed by atoms with Crippen LogP contribution in [0.5, 0.6) is 0 Å². The van der Waals surface area contributed by atoms with Crippen LogP contribution in [-0.2, 0) is 19.6 Å². The van der Waals surface area contributed by atoms with E-state index in [-0.39, 0.29) is 28.1 Å². The van der Waals surface area contributed by atoms with E-state index in [1.54, 1.807) is 6.92 Å². The number of benzene rings is 1. The second kappa shape index (κ2) is 7.40. The molecule has 1 aromatic carbocycles. The summed E-state index contributed by atoms with van der Waals surface area (Å²) in [6.45, 7) is 2.13. The molecule has 1 saturated heterocycles. The third-order valence-corrected chi connectivity index (χ3v) is 6.43. The number of nitrogens with zero attached hydrogens (tertiary/aromatic N) is 1. The molecule has 0 aliphatic carbocycles. The topological polar surface area (TPSA) is 63.7 Å². The maximum absolute atomic E-state index is 12.8. The van der Waals surface area contributed by atoms with E-state index in [1.807, 2.05) is 0 Å². The molecule has 0 amide bonds. The molecule has 5 nitrogen and oxygen atoms in total.